The lowest BCUT2D eigenvalue weighted by Gasteiger charge is -2.11. The lowest BCUT2D eigenvalue weighted by Crippen LogP contribution is -1.95. The van der Waals surface area contributed by atoms with E-state index in [9.17, 15) is 0 Å². The molecule has 7 heterocycles. The summed E-state index contributed by atoms with van der Waals surface area (Å²) in [7, 11) is 0. The summed E-state index contributed by atoms with van der Waals surface area (Å²) < 4.78 is 30.7. The monoisotopic (exact) mass is 1360 g/mol. The average Bonchev–Trinajstić information content (AvgIpc) is 1.53. The van der Waals surface area contributed by atoms with E-state index < -0.39 is 0 Å². The summed E-state index contributed by atoms with van der Waals surface area (Å²) >= 11 is 0. The Morgan fingerprint density at radius 2 is 0.607 bits per heavy atom. The summed E-state index contributed by atoms with van der Waals surface area (Å²) in [6, 6.07) is 128. The molecule has 0 saturated heterocycles. The molecule has 0 bridgehead atoms. The van der Waals surface area contributed by atoms with Crippen molar-refractivity contribution in [1.29, 1.82) is 0 Å². The smallest absolute Gasteiger partial charge is 0.145 e. The number of rotatable bonds is 8. The number of nitrogens with zero attached hydrogens (tertiary/aromatic N) is 4. The van der Waals surface area contributed by atoms with Crippen molar-refractivity contribution in [1.82, 2.24) is 18.3 Å². The molecule has 7 aromatic heterocycles. The molecule has 0 aliphatic heterocycles. The van der Waals surface area contributed by atoms with Crippen LogP contribution in [0.5, 0.6) is 0 Å². The van der Waals surface area contributed by atoms with Crippen molar-refractivity contribution in [2.75, 3.05) is 0 Å². The molecule has 0 spiro atoms. The van der Waals surface area contributed by atoms with Crippen LogP contribution in [0.2, 0.25) is 0 Å². The molecule has 0 radical (unpaired) electrons. The number of aromatic nitrogens is 4. The Hall–Kier alpha value is -14.4. The Labute approximate surface area is 610 Å². The van der Waals surface area contributed by atoms with Crippen LogP contribution in [0.1, 0.15) is 0 Å². The number of fused-ring (bicyclic) bond motifs is 24. The zero-order valence-electron chi connectivity index (χ0n) is 57.5. The van der Waals surface area contributed by atoms with Gasteiger partial charge in [-0.1, -0.05) is 200 Å². The fraction of sp³-hybridized carbons (Fsp3) is 0. The van der Waals surface area contributed by atoms with E-state index in [1.54, 1.807) is 0 Å². The Morgan fingerprint density at radius 1 is 0.178 bits per heavy atom. The highest BCUT2D eigenvalue weighted by atomic mass is 16.3. The number of hydrogen-bond acceptors (Lipinski definition) is 3. The Balaban J connectivity index is 0.693. The van der Waals surface area contributed by atoms with E-state index in [1.807, 2.05) is 0 Å². The lowest BCUT2D eigenvalue weighted by atomic mass is 9.93. The van der Waals surface area contributed by atoms with Crippen molar-refractivity contribution in [3.05, 3.63) is 352 Å². The molecule has 0 unspecified atom stereocenters. The van der Waals surface area contributed by atoms with Crippen molar-refractivity contribution >= 4 is 164 Å². The lowest BCUT2D eigenvalue weighted by molar-refractivity contribution is 0.668. The highest BCUT2D eigenvalue weighted by Crippen LogP contribution is 2.51. The van der Waals surface area contributed by atoms with Crippen LogP contribution in [-0.2, 0) is 0 Å². The van der Waals surface area contributed by atoms with Crippen LogP contribution < -0.4 is 0 Å². The average molecular weight is 1360 g/mol. The molecule has 17 aromatic carbocycles. The van der Waals surface area contributed by atoms with E-state index in [-0.39, 0.29) is 0 Å². The van der Waals surface area contributed by atoms with Gasteiger partial charge in [-0.05, 0) is 201 Å². The van der Waals surface area contributed by atoms with Gasteiger partial charge in [0.1, 0.15) is 33.5 Å². The number of furan rings is 3. The second-order valence-corrected chi connectivity index (χ2v) is 28.5. The first-order valence-corrected chi connectivity index (χ1v) is 36.6. The van der Waals surface area contributed by atoms with Crippen LogP contribution >= 0.6 is 0 Å². The van der Waals surface area contributed by atoms with Crippen LogP contribution in [0.15, 0.2) is 365 Å². The van der Waals surface area contributed by atoms with Gasteiger partial charge in [-0.15, -0.1) is 0 Å². The minimum Gasteiger partial charge on any atom is -0.456 e. The summed E-state index contributed by atoms with van der Waals surface area (Å²) in [5, 5.41) is 18.3. The normalized spacial score (nSPS) is 12.3. The van der Waals surface area contributed by atoms with Crippen molar-refractivity contribution in [2.24, 2.45) is 0 Å². The first kappa shape index (κ1) is 58.1. The molecule has 107 heavy (non-hydrogen) atoms. The number of benzene rings is 17. The third kappa shape index (κ3) is 8.30. The molecule has 0 N–H and O–H groups in total. The molecule has 24 rings (SSSR count). The Morgan fingerprint density at radius 3 is 1.31 bits per heavy atom. The molecule has 0 aliphatic carbocycles. The third-order valence-electron chi connectivity index (χ3n) is 22.9. The molecular formula is C100H58N4O3. The standard InChI is InChI=1S/C100H58N4O3/c1-4-22-64(23-5-1)101-82-35-15-12-29-70(82)76-55-62(43-48-84(76)101)69-32-19-39-92-96(69)81-57-67(46-52-91(81)106-92)104-83-36-16-13-30-71(83)77-58-75(100-98(99(77)104)74-31-14-17-38-89(74)107-100)63-44-49-86-79(56-63)95-72(33-18-37-87(95)102(86)65-24-6-2-7-25-65)73-34-20-40-93-97(73)80-54-61(45-51-90(80)105-93)60-42-47-85-78(53-60)94-68-28-11-10-21-59(68)41-50-88(94)103(85)66-26-8-3-9-27-66/h1-58H. The van der Waals surface area contributed by atoms with Gasteiger partial charge in [0.25, 0.3) is 0 Å². The SMILES string of the molecule is c1ccc(-n2c3ccccc3c3cc(-c4cccc5oc6ccc(-n7c8ccccc8c8cc(-c9ccc%10c(c9)c9c(-c%11cccc%12oc%13ccc(-c%14ccc%15c(c%14)c%14c%16ccccc%16ccc%14n%15-c%14ccccc%14)cc%13c%11%12)cccc9n%10-c9ccccc9)c9oc%10ccccc%10c9c87)cc6c45)ccc32)cc1. The van der Waals surface area contributed by atoms with Gasteiger partial charge >= 0.3 is 0 Å². The minimum atomic E-state index is 0.829. The van der Waals surface area contributed by atoms with E-state index in [0.29, 0.717) is 0 Å². The van der Waals surface area contributed by atoms with Crippen molar-refractivity contribution < 1.29 is 13.3 Å². The van der Waals surface area contributed by atoms with Gasteiger partial charge in [-0.2, -0.15) is 0 Å². The fourth-order valence-corrected chi connectivity index (χ4v) is 18.4. The van der Waals surface area contributed by atoms with Gasteiger partial charge in [0.15, 0.2) is 0 Å². The van der Waals surface area contributed by atoms with E-state index >= 15 is 0 Å². The largest absolute Gasteiger partial charge is 0.456 e. The maximum Gasteiger partial charge on any atom is 0.145 e. The molecule has 0 amide bonds. The Kier molecular flexibility index (Phi) is 12.0. The molecule has 496 valence electrons. The highest BCUT2D eigenvalue weighted by Gasteiger charge is 2.27. The van der Waals surface area contributed by atoms with E-state index in [4.69, 9.17) is 13.3 Å². The van der Waals surface area contributed by atoms with Crippen LogP contribution in [0, 0.1) is 0 Å². The van der Waals surface area contributed by atoms with Gasteiger partial charge in [0.05, 0.1) is 49.5 Å². The highest BCUT2D eigenvalue weighted by molar-refractivity contribution is 6.29. The molecule has 24 aromatic rings. The second kappa shape index (κ2) is 22.1. The molecule has 7 nitrogen and oxygen atoms in total. The summed E-state index contributed by atoms with van der Waals surface area (Å²) in [6.45, 7) is 0. The first-order valence-electron chi connectivity index (χ1n) is 36.6. The topological polar surface area (TPSA) is 59.1 Å². The fourth-order valence-electron chi connectivity index (χ4n) is 18.4. The second-order valence-electron chi connectivity index (χ2n) is 28.5. The van der Waals surface area contributed by atoms with Gasteiger partial charge in [0, 0.05) is 98.3 Å². The third-order valence-corrected chi connectivity index (χ3v) is 22.9. The summed E-state index contributed by atoms with van der Waals surface area (Å²) in [5.41, 5.74) is 27.3. The van der Waals surface area contributed by atoms with Crippen LogP contribution in [0.3, 0.4) is 0 Å². The van der Waals surface area contributed by atoms with Crippen molar-refractivity contribution in [3.63, 3.8) is 0 Å². The maximum atomic E-state index is 7.32. The molecule has 7 heteroatoms. The maximum absolute atomic E-state index is 7.32. The van der Waals surface area contributed by atoms with Crippen molar-refractivity contribution in [3.8, 4) is 67.3 Å². The molecular weight excluding hydrogens is 1310 g/mol. The number of para-hydroxylation sites is 6. The Bertz CT molecular complexity index is 7930. The summed E-state index contributed by atoms with van der Waals surface area (Å²) in [4.78, 5) is 0. The van der Waals surface area contributed by atoms with Gasteiger partial charge in [-0.3, -0.25) is 0 Å². The summed E-state index contributed by atoms with van der Waals surface area (Å²) in [6.07, 6.45) is 0. The molecule has 0 saturated carbocycles. The zero-order chi connectivity index (χ0) is 69.7. The molecule has 0 atom stereocenters. The van der Waals surface area contributed by atoms with E-state index in [1.165, 1.54) is 54.4 Å². The predicted molar refractivity (Wildman–Crippen MR) is 445 cm³/mol. The van der Waals surface area contributed by atoms with Crippen LogP contribution in [-0.4, -0.2) is 18.3 Å². The van der Waals surface area contributed by atoms with E-state index in [0.717, 1.165) is 177 Å². The van der Waals surface area contributed by atoms with Gasteiger partial charge in [-0.25, -0.2) is 0 Å². The molecule has 0 fully saturated rings. The van der Waals surface area contributed by atoms with E-state index in [2.05, 4.69) is 370 Å². The van der Waals surface area contributed by atoms with Crippen LogP contribution in [0.25, 0.3) is 231 Å². The zero-order valence-corrected chi connectivity index (χ0v) is 57.5. The summed E-state index contributed by atoms with van der Waals surface area (Å²) in [5.74, 6) is 0. The van der Waals surface area contributed by atoms with Gasteiger partial charge in [0.2, 0.25) is 0 Å². The van der Waals surface area contributed by atoms with Crippen LogP contribution in [0.4, 0.5) is 0 Å². The predicted octanol–water partition coefficient (Wildman–Crippen LogP) is 27.6. The number of hydrogen-bond donors (Lipinski definition) is 0. The van der Waals surface area contributed by atoms with Gasteiger partial charge < -0.3 is 31.5 Å². The first-order chi connectivity index (χ1) is 53.1. The quantitative estimate of drug-likeness (QED) is 0.152. The molecule has 0 aliphatic rings. The van der Waals surface area contributed by atoms with Crippen molar-refractivity contribution in [2.45, 2.75) is 0 Å². The minimum absolute atomic E-state index is 0.829.